The van der Waals surface area contributed by atoms with E-state index in [1.807, 2.05) is 0 Å². The Morgan fingerprint density at radius 3 is 2.47 bits per heavy atom. The molecule has 1 aliphatic rings. The molecule has 0 aliphatic carbocycles. The Bertz CT molecular complexity index is 266. The lowest BCUT2D eigenvalue weighted by Crippen LogP contribution is -2.64. The van der Waals surface area contributed by atoms with Gasteiger partial charge in [0.25, 0.3) is 0 Å². The van der Waals surface area contributed by atoms with E-state index in [4.69, 9.17) is 9.84 Å². The normalized spacial score (nSPS) is 37.8. The Morgan fingerprint density at radius 1 is 1.29 bits per heavy atom. The van der Waals surface area contributed by atoms with Crippen LogP contribution in [-0.4, -0.2) is 69.3 Å². The average molecular weight is 267 g/mol. The molecule has 1 saturated heterocycles. The summed E-state index contributed by atoms with van der Waals surface area (Å²) in [6.07, 6.45) is -5.20. The van der Waals surface area contributed by atoms with Gasteiger partial charge in [-0.2, -0.15) is 12.6 Å². The number of hydrogen-bond acceptors (Lipinski definition) is 7. The fraction of sp³-hybridized carbons (Fsp3) is 0.889. The van der Waals surface area contributed by atoms with Crippen LogP contribution in [0.3, 0.4) is 0 Å². The van der Waals surface area contributed by atoms with Gasteiger partial charge in [-0.15, -0.1) is 0 Å². The van der Waals surface area contributed by atoms with Crippen LogP contribution in [0.5, 0.6) is 0 Å². The average Bonchev–Trinajstić information content (AvgIpc) is 2.29. The molecule has 100 valence electrons. The number of amides is 1. The van der Waals surface area contributed by atoms with Gasteiger partial charge in [0, 0.05) is 6.42 Å². The number of hydrogen-bond donors (Lipinski definition) is 6. The molecule has 5 atom stereocenters. The van der Waals surface area contributed by atoms with E-state index in [1.54, 1.807) is 0 Å². The second kappa shape index (κ2) is 6.53. The molecule has 7 nitrogen and oxygen atoms in total. The van der Waals surface area contributed by atoms with Crippen molar-refractivity contribution >= 4 is 18.5 Å². The highest BCUT2D eigenvalue weighted by atomic mass is 32.1. The van der Waals surface area contributed by atoms with E-state index in [9.17, 15) is 20.1 Å². The largest absolute Gasteiger partial charge is 0.394 e. The third-order valence-corrected chi connectivity index (χ3v) is 2.79. The molecule has 0 radical (unpaired) electrons. The molecule has 17 heavy (non-hydrogen) atoms. The van der Waals surface area contributed by atoms with Gasteiger partial charge in [-0.1, -0.05) is 0 Å². The van der Waals surface area contributed by atoms with Crippen LogP contribution in [0.1, 0.15) is 6.42 Å². The van der Waals surface area contributed by atoms with Gasteiger partial charge in [-0.3, -0.25) is 4.79 Å². The Hall–Kier alpha value is -0.380. The molecule has 0 bridgehead atoms. The van der Waals surface area contributed by atoms with E-state index in [1.165, 1.54) is 0 Å². The minimum absolute atomic E-state index is 0.124. The summed E-state index contributed by atoms with van der Waals surface area (Å²) in [5.41, 5.74) is 0. The molecule has 1 unspecified atom stereocenters. The first-order valence-electron chi connectivity index (χ1n) is 5.22. The summed E-state index contributed by atoms with van der Waals surface area (Å²) < 4.78 is 4.87. The first-order valence-corrected chi connectivity index (χ1v) is 5.85. The molecule has 5 N–H and O–H groups in total. The van der Waals surface area contributed by atoms with E-state index < -0.39 is 43.2 Å². The van der Waals surface area contributed by atoms with Crippen LogP contribution in [0.15, 0.2) is 0 Å². The summed E-state index contributed by atoms with van der Waals surface area (Å²) >= 11 is 3.87. The summed E-state index contributed by atoms with van der Waals surface area (Å²) in [5.74, 6) is -0.0886. The van der Waals surface area contributed by atoms with Crippen LogP contribution in [-0.2, 0) is 9.53 Å². The van der Waals surface area contributed by atoms with Crippen LogP contribution >= 0.6 is 12.6 Å². The zero-order valence-corrected chi connectivity index (χ0v) is 9.96. The van der Waals surface area contributed by atoms with Gasteiger partial charge in [0.05, 0.1) is 6.61 Å². The molecule has 1 amide bonds. The van der Waals surface area contributed by atoms with E-state index >= 15 is 0 Å². The number of nitrogens with one attached hydrogen (secondary N) is 1. The fourth-order valence-electron chi connectivity index (χ4n) is 1.61. The number of carbonyl (C=O) groups excluding carboxylic acids is 1. The van der Waals surface area contributed by atoms with Gasteiger partial charge in [0.2, 0.25) is 5.91 Å². The summed E-state index contributed by atoms with van der Waals surface area (Å²) in [7, 11) is 0. The Labute approximate surface area is 104 Å². The van der Waals surface area contributed by atoms with E-state index in [0.717, 1.165) is 0 Å². The molecule has 1 heterocycles. The second-order valence-electron chi connectivity index (χ2n) is 3.80. The van der Waals surface area contributed by atoms with Crippen LogP contribution in [0.4, 0.5) is 0 Å². The predicted octanol–water partition coefficient (Wildman–Crippen LogP) is -2.78. The molecular formula is C9H17NO6S. The van der Waals surface area contributed by atoms with E-state index in [-0.39, 0.29) is 6.42 Å². The zero-order valence-electron chi connectivity index (χ0n) is 9.06. The molecule has 0 aromatic heterocycles. The zero-order chi connectivity index (χ0) is 13.0. The summed E-state index contributed by atoms with van der Waals surface area (Å²) in [5, 5.41) is 40.0. The first-order chi connectivity index (χ1) is 8.01. The summed E-state index contributed by atoms with van der Waals surface area (Å²) in [6.45, 7) is -0.535. The predicted molar refractivity (Wildman–Crippen MR) is 60.4 cm³/mol. The highest BCUT2D eigenvalue weighted by Gasteiger charge is 2.44. The molecular weight excluding hydrogens is 250 g/mol. The monoisotopic (exact) mass is 267 g/mol. The first kappa shape index (κ1) is 14.7. The topological polar surface area (TPSA) is 119 Å². The van der Waals surface area contributed by atoms with Gasteiger partial charge in [0.1, 0.15) is 24.4 Å². The SMILES string of the molecule is O=C(CCS)N[C@@H]1C(O)O[C@H](CO)[C@H](O)[C@@H]1O. The molecule has 8 heteroatoms. The molecule has 1 aliphatic heterocycles. The van der Waals surface area contributed by atoms with Crippen LogP contribution < -0.4 is 5.32 Å². The van der Waals surface area contributed by atoms with Crippen LogP contribution in [0.25, 0.3) is 0 Å². The number of aliphatic hydroxyl groups excluding tert-OH is 4. The summed E-state index contributed by atoms with van der Waals surface area (Å²) in [4.78, 5) is 11.3. The maximum absolute atomic E-state index is 11.3. The smallest absolute Gasteiger partial charge is 0.221 e. The van der Waals surface area contributed by atoms with Gasteiger partial charge in [0.15, 0.2) is 6.29 Å². The van der Waals surface area contributed by atoms with Crippen molar-refractivity contribution in [3.05, 3.63) is 0 Å². The molecule has 0 spiro atoms. The highest BCUT2D eigenvalue weighted by molar-refractivity contribution is 7.80. The third-order valence-electron chi connectivity index (χ3n) is 2.57. The van der Waals surface area contributed by atoms with Crippen LogP contribution in [0, 0.1) is 0 Å². The number of ether oxygens (including phenoxy) is 1. The van der Waals surface area contributed by atoms with Crippen molar-refractivity contribution < 1.29 is 30.0 Å². The van der Waals surface area contributed by atoms with Gasteiger partial charge < -0.3 is 30.5 Å². The molecule has 0 aromatic rings. The minimum atomic E-state index is -1.48. The Balaban J connectivity index is 2.63. The van der Waals surface area contributed by atoms with Gasteiger partial charge in [-0.25, -0.2) is 0 Å². The minimum Gasteiger partial charge on any atom is -0.394 e. The fourth-order valence-corrected chi connectivity index (χ4v) is 1.82. The van der Waals surface area contributed by atoms with Crippen LogP contribution in [0.2, 0.25) is 0 Å². The van der Waals surface area contributed by atoms with Crippen molar-refractivity contribution in [3.63, 3.8) is 0 Å². The standard InChI is InChI=1S/C9H17NO6S/c11-3-4-7(13)8(14)6(9(15)16-4)10-5(12)1-2-17/h4,6-9,11,13-15,17H,1-3H2,(H,10,12)/t4-,6+,7+,8-,9?/m1/s1. The molecule has 1 rings (SSSR count). The number of thiol groups is 1. The molecule has 1 fully saturated rings. The van der Waals surface area contributed by atoms with Gasteiger partial charge in [-0.05, 0) is 5.75 Å². The lowest BCUT2D eigenvalue weighted by molar-refractivity contribution is -0.253. The van der Waals surface area contributed by atoms with Crippen molar-refractivity contribution in [1.29, 1.82) is 0 Å². The lowest BCUT2D eigenvalue weighted by Gasteiger charge is -2.40. The highest BCUT2D eigenvalue weighted by Crippen LogP contribution is 2.19. The molecule has 0 aromatic carbocycles. The van der Waals surface area contributed by atoms with Crippen molar-refractivity contribution in [1.82, 2.24) is 5.32 Å². The number of rotatable bonds is 4. The summed E-state index contributed by atoms with van der Waals surface area (Å²) in [6, 6.07) is -1.12. The third kappa shape index (κ3) is 3.54. The maximum atomic E-state index is 11.3. The second-order valence-corrected chi connectivity index (χ2v) is 4.24. The van der Waals surface area contributed by atoms with E-state index in [0.29, 0.717) is 5.75 Å². The number of aliphatic hydroxyl groups is 4. The lowest BCUT2D eigenvalue weighted by atomic mass is 9.97. The Morgan fingerprint density at radius 2 is 1.94 bits per heavy atom. The van der Waals surface area contributed by atoms with Gasteiger partial charge >= 0.3 is 0 Å². The quantitative estimate of drug-likeness (QED) is 0.307. The van der Waals surface area contributed by atoms with Crippen molar-refractivity contribution in [3.8, 4) is 0 Å². The van der Waals surface area contributed by atoms with Crippen molar-refractivity contribution in [2.45, 2.75) is 37.1 Å². The number of carbonyl (C=O) groups is 1. The molecule has 0 saturated carbocycles. The maximum Gasteiger partial charge on any atom is 0.221 e. The van der Waals surface area contributed by atoms with Crippen molar-refractivity contribution in [2.75, 3.05) is 12.4 Å². The van der Waals surface area contributed by atoms with E-state index in [2.05, 4.69) is 17.9 Å². The van der Waals surface area contributed by atoms with Crippen molar-refractivity contribution in [2.24, 2.45) is 0 Å². The Kier molecular flexibility index (Phi) is 5.63.